The second kappa shape index (κ2) is 7.07. The Labute approximate surface area is 129 Å². The van der Waals surface area contributed by atoms with E-state index in [0.717, 1.165) is 31.2 Å². The Morgan fingerprint density at radius 3 is 2.81 bits per heavy atom. The average Bonchev–Trinajstić information content (AvgIpc) is 2.75. The maximum absolute atomic E-state index is 12.3. The molecule has 0 fully saturated rings. The van der Waals surface area contributed by atoms with E-state index in [1.165, 1.54) is 4.88 Å². The second-order valence-electron chi connectivity index (χ2n) is 5.57. The first kappa shape index (κ1) is 16.0. The smallest absolute Gasteiger partial charge is 0.341 e. The van der Waals surface area contributed by atoms with Crippen molar-refractivity contribution in [2.45, 2.75) is 52.9 Å². The molecule has 4 nitrogen and oxygen atoms in total. The van der Waals surface area contributed by atoms with Gasteiger partial charge < -0.3 is 10.1 Å². The molecule has 0 spiro atoms. The van der Waals surface area contributed by atoms with Gasteiger partial charge in [-0.25, -0.2) is 4.79 Å². The molecule has 0 radical (unpaired) electrons. The number of amides is 1. The van der Waals surface area contributed by atoms with Crippen LogP contribution in [0.1, 0.15) is 60.8 Å². The summed E-state index contributed by atoms with van der Waals surface area (Å²) in [5, 5.41) is 3.57. The van der Waals surface area contributed by atoms with E-state index in [-0.39, 0.29) is 11.9 Å². The molecule has 0 saturated carbocycles. The highest BCUT2D eigenvalue weighted by Gasteiger charge is 2.28. The molecule has 1 aliphatic carbocycles. The Balaban J connectivity index is 2.33. The lowest BCUT2D eigenvalue weighted by atomic mass is 9.88. The molecule has 1 heterocycles. The first-order valence-corrected chi connectivity index (χ1v) is 8.49. The Bertz CT molecular complexity index is 536. The van der Waals surface area contributed by atoms with Gasteiger partial charge in [-0.15, -0.1) is 11.3 Å². The van der Waals surface area contributed by atoms with E-state index < -0.39 is 0 Å². The summed E-state index contributed by atoms with van der Waals surface area (Å²) in [6, 6.07) is 0. The summed E-state index contributed by atoms with van der Waals surface area (Å²) in [7, 11) is 0. The van der Waals surface area contributed by atoms with Gasteiger partial charge in [-0.2, -0.15) is 0 Å². The number of carbonyl (C=O) groups excluding carboxylic acids is 2. The van der Waals surface area contributed by atoms with Crippen LogP contribution in [0.5, 0.6) is 0 Å². The van der Waals surface area contributed by atoms with Gasteiger partial charge in [-0.1, -0.05) is 13.8 Å². The van der Waals surface area contributed by atoms with Gasteiger partial charge in [0.05, 0.1) is 12.2 Å². The highest BCUT2D eigenvalue weighted by Crippen LogP contribution is 2.40. The van der Waals surface area contributed by atoms with Crippen LogP contribution in [0.2, 0.25) is 0 Å². The van der Waals surface area contributed by atoms with Gasteiger partial charge in [0, 0.05) is 11.3 Å². The van der Waals surface area contributed by atoms with Gasteiger partial charge in [0.1, 0.15) is 5.00 Å². The van der Waals surface area contributed by atoms with Crippen LogP contribution in [0.3, 0.4) is 0 Å². The third-order valence-corrected chi connectivity index (χ3v) is 4.89. The Kier molecular flexibility index (Phi) is 5.39. The number of carbonyl (C=O) groups is 2. The van der Waals surface area contributed by atoms with Gasteiger partial charge in [0.2, 0.25) is 5.91 Å². The predicted molar refractivity (Wildman–Crippen MR) is 85.0 cm³/mol. The van der Waals surface area contributed by atoms with Crippen LogP contribution in [0.25, 0.3) is 0 Å². The number of thiophene rings is 1. The van der Waals surface area contributed by atoms with Gasteiger partial charge in [-0.3, -0.25) is 4.79 Å². The van der Waals surface area contributed by atoms with E-state index in [9.17, 15) is 9.59 Å². The average molecular weight is 309 g/mol. The molecule has 0 bridgehead atoms. The lowest BCUT2D eigenvalue weighted by Gasteiger charge is -2.18. The van der Waals surface area contributed by atoms with Crippen LogP contribution < -0.4 is 5.32 Å². The maximum Gasteiger partial charge on any atom is 0.341 e. The van der Waals surface area contributed by atoms with Crippen molar-refractivity contribution in [3.63, 3.8) is 0 Å². The monoisotopic (exact) mass is 309 g/mol. The number of ether oxygens (including phenoxy) is 1. The van der Waals surface area contributed by atoms with Crippen molar-refractivity contribution in [2.75, 3.05) is 11.9 Å². The Morgan fingerprint density at radius 2 is 2.14 bits per heavy atom. The molecular formula is C16H23NO3S. The van der Waals surface area contributed by atoms with Crippen molar-refractivity contribution in [3.8, 4) is 0 Å². The van der Waals surface area contributed by atoms with Crippen LogP contribution in [0, 0.1) is 5.92 Å². The van der Waals surface area contributed by atoms with Crippen LogP contribution in [-0.2, 0) is 22.4 Å². The van der Waals surface area contributed by atoms with Gasteiger partial charge >= 0.3 is 5.97 Å². The number of esters is 1. The summed E-state index contributed by atoms with van der Waals surface area (Å²) in [4.78, 5) is 25.3. The van der Waals surface area contributed by atoms with E-state index in [1.54, 1.807) is 18.3 Å². The summed E-state index contributed by atoms with van der Waals surface area (Å²) in [5.41, 5.74) is 1.68. The third kappa shape index (κ3) is 3.64. The Hall–Kier alpha value is -1.36. The fraction of sp³-hybridized carbons (Fsp3) is 0.625. The highest BCUT2D eigenvalue weighted by atomic mass is 32.1. The zero-order valence-electron chi connectivity index (χ0n) is 13.0. The lowest BCUT2D eigenvalue weighted by molar-refractivity contribution is -0.116. The quantitative estimate of drug-likeness (QED) is 0.842. The standard InChI is InChI=1S/C16H23NO3S/c1-4-6-13(18)17-15-14(16(19)20-5-2)11-8-7-10(3)9-12(11)21-15/h10H,4-9H2,1-3H3,(H,17,18)/t10-/m1/s1. The molecule has 0 saturated heterocycles. The second-order valence-corrected chi connectivity index (χ2v) is 6.68. The molecule has 1 atom stereocenters. The highest BCUT2D eigenvalue weighted by molar-refractivity contribution is 7.17. The topological polar surface area (TPSA) is 55.4 Å². The number of anilines is 1. The van der Waals surface area contributed by atoms with E-state index in [1.807, 2.05) is 6.92 Å². The Morgan fingerprint density at radius 1 is 1.38 bits per heavy atom. The van der Waals surface area contributed by atoms with Crippen molar-refractivity contribution in [1.82, 2.24) is 0 Å². The van der Waals surface area contributed by atoms with Crippen LogP contribution in [0.15, 0.2) is 0 Å². The zero-order chi connectivity index (χ0) is 15.4. The third-order valence-electron chi connectivity index (χ3n) is 3.72. The number of hydrogen-bond acceptors (Lipinski definition) is 4. The minimum absolute atomic E-state index is 0.0327. The van der Waals surface area contributed by atoms with Crippen LogP contribution in [0.4, 0.5) is 5.00 Å². The molecule has 0 aromatic carbocycles. The maximum atomic E-state index is 12.3. The van der Waals surface area contributed by atoms with Crippen LogP contribution >= 0.6 is 11.3 Å². The lowest BCUT2D eigenvalue weighted by Crippen LogP contribution is -2.16. The van der Waals surface area contributed by atoms with Gasteiger partial charge in [-0.05, 0) is 44.1 Å². The van der Waals surface area contributed by atoms with Crippen molar-refractivity contribution in [1.29, 1.82) is 0 Å². The minimum Gasteiger partial charge on any atom is -0.462 e. The summed E-state index contributed by atoms with van der Waals surface area (Å²) < 4.78 is 5.18. The van der Waals surface area contributed by atoms with E-state index in [0.29, 0.717) is 29.5 Å². The van der Waals surface area contributed by atoms with Gasteiger partial charge in [0.15, 0.2) is 0 Å². The molecule has 1 aliphatic rings. The number of nitrogens with one attached hydrogen (secondary N) is 1. The van der Waals surface area contributed by atoms with E-state index in [4.69, 9.17) is 4.74 Å². The molecule has 0 unspecified atom stereocenters. The number of fused-ring (bicyclic) bond motifs is 1. The molecule has 1 N–H and O–H groups in total. The number of rotatable bonds is 5. The first-order valence-electron chi connectivity index (χ1n) is 7.68. The van der Waals surface area contributed by atoms with E-state index in [2.05, 4.69) is 12.2 Å². The molecule has 0 aliphatic heterocycles. The minimum atomic E-state index is -0.309. The van der Waals surface area contributed by atoms with Crippen molar-refractivity contribution in [2.24, 2.45) is 5.92 Å². The molecule has 5 heteroatoms. The molecular weight excluding hydrogens is 286 g/mol. The van der Waals surface area contributed by atoms with E-state index >= 15 is 0 Å². The largest absolute Gasteiger partial charge is 0.462 e. The molecule has 1 amide bonds. The zero-order valence-corrected chi connectivity index (χ0v) is 13.8. The number of hydrogen-bond donors (Lipinski definition) is 1. The summed E-state index contributed by atoms with van der Waals surface area (Å²) >= 11 is 1.54. The van der Waals surface area contributed by atoms with Crippen molar-refractivity contribution < 1.29 is 14.3 Å². The van der Waals surface area contributed by atoms with Crippen molar-refractivity contribution in [3.05, 3.63) is 16.0 Å². The molecule has 1 aromatic heterocycles. The molecule has 2 rings (SSSR count). The fourth-order valence-electron chi connectivity index (χ4n) is 2.67. The summed E-state index contributed by atoms with van der Waals surface area (Å²) in [6.45, 7) is 6.34. The molecule has 1 aromatic rings. The summed E-state index contributed by atoms with van der Waals surface area (Å²) in [5.74, 6) is 0.288. The predicted octanol–water partition coefficient (Wildman–Crippen LogP) is 3.79. The first-order chi connectivity index (χ1) is 10.1. The summed E-state index contributed by atoms with van der Waals surface area (Å²) in [6.07, 6.45) is 4.23. The van der Waals surface area contributed by atoms with Crippen molar-refractivity contribution >= 4 is 28.2 Å². The molecule has 116 valence electrons. The van der Waals surface area contributed by atoms with Gasteiger partial charge in [0.25, 0.3) is 0 Å². The molecule has 21 heavy (non-hydrogen) atoms. The normalized spacial score (nSPS) is 17.2. The van der Waals surface area contributed by atoms with Crippen LogP contribution in [-0.4, -0.2) is 18.5 Å². The SMILES string of the molecule is CCCC(=O)Nc1sc2c(c1C(=O)OCC)CC[C@@H](C)C2. The fourth-order valence-corrected chi connectivity index (χ4v) is 4.09.